The second kappa shape index (κ2) is 6.72. The Labute approximate surface area is 120 Å². The molecule has 1 rings (SSSR count). The fraction of sp³-hybridized carbons (Fsp3) is 0.250. The average Bonchev–Trinajstić information content (AvgIpc) is 2.15. The van der Waals surface area contributed by atoms with Crippen LogP contribution in [0.5, 0.6) is 0 Å². The summed E-state index contributed by atoms with van der Waals surface area (Å²) in [6, 6.07) is 7.62. The summed E-state index contributed by atoms with van der Waals surface area (Å²) in [6.45, 7) is 0. The summed E-state index contributed by atoms with van der Waals surface area (Å²) in [5, 5.41) is 0. The van der Waals surface area contributed by atoms with Crippen LogP contribution in [0.15, 0.2) is 30.3 Å². The zero-order valence-corrected chi connectivity index (χ0v) is 11.6. The number of halogens is 3. The van der Waals surface area contributed by atoms with E-state index in [1.54, 1.807) is 18.2 Å². The van der Waals surface area contributed by atoms with Gasteiger partial charge < -0.3 is 1.43 Å². The third-order valence-corrected chi connectivity index (χ3v) is 2.38. The zero-order valence-electron chi connectivity index (χ0n) is 9.77. The Bertz CT molecular complexity index is 437. The molecule has 0 aliphatic carbocycles. The monoisotopic (exact) mass is 280 g/mol. The van der Waals surface area contributed by atoms with E-state index in [9.17, 15) is 21.6 Å². The van der Waals surface area contributed by atoms with E-state index in [4.69, 9.17) is 0 Å². The molecule has 0 fully saturated rings. The summed E-state index contributed by atoms with van der Waals surface area (Å²) < 4.78 is 59.9. The van der Waals surface area contributed by atoms with Crippen LogP contribution in [0.4, 0.5) is 13.2 Å². The largest absolute Gasteiger partial charge is 1.00 e. The van der Waals surface area contributed by atoms with Gasteiger partial charge >= 0.3 is 35.9 Å². The van der Waals surface area contributed by atoms with Crippen molar-refractivity contribution in [2.75, 3.05) is 0 Å². The van der Waals surface area contributed by atoms with Crippen molar-refractivity contribution in [1.82, 2.24) is 0 Å². The Kier molecular flexibility index (Phi) is 6.67. The van der Waals surface area contributed by atoms with Crippen molar-refractivity contribution in [2.24, 2.45) is 0 Å². The van der Waals surface area contributed by atoms with Gasteiger partial charge in [0, 0.05) is 0 Å². The summed E-state index contributed by atoms with van der Waals surface area (Å²) in [5.41, 5.74) is 0.299. The number of hydrogen-bond donors (Lipinski definition) is 0. The van der Waals surface area contributed by atoms with E-state index in [1.807, 2.05) is 0 Å². The second-order valence-corrected chi connectivity index (χ2v) is 4.32. The van der Waals surface area contributed by atoms with Crippen molar-refractivity contribution in [3.05, 3.63) is 35.9 Å². The van der Waals surface area contributed by atoms with Gasteiger partial charge in [-0.3, -0.25) is 0 Å². The molecule has 1 aromatic rings. The SMILES string of the molecule is O=S(=O)(Cc1ccccc1)OOC(F)(F)F.[H-].[Na+]. The van der Waals surface area contributed by atoms with Crippen molar-refractivity contribution in [2.45, 2.75) is 12.1 Å². The van der Waals surface area contributed by atoms with Gasteiger partial charge in [-0.15, -0.1) is 18.1 Å². The molecule has 0 unspecified atom stereocenters. The van der Waals surface area contributed by atoms with Gasteiger partial charge in [-0.25, -0.2) is 0 Å². The number of hydrogen-bond acceptors (Lipinski definition) is 4. The number of alkyl halides is 3. The topological polar surface area (TPSA) is 52.6 Å². The summed E-state index contributed by atoms with van der Waals surface area (Å²) in [7, 11) is -4.41. The molecule has 0 spiro atoms. The fourth-order valence-electron chi connectivity index (χ4n) is 0.893. The molecule has 1 aromatic carbocycles. The van der Waals surface area contributed by atoms with Crippen LogP contribution < -0.4 is 29.6 Å². The van der Waals surface area contributed by atoms with Gasteiger partial charge in [0.2, 0.25) is 0 Å². The van der Waals surface area contributed by atoms with Gasteiger partial charge in [-0.05, 0) is 5.56 Å². The molecule has 0 aliphatic rings. The van der Waals surface area contributed by atoms with Crippen LogP contribution in [0.25, 0.3) is 0 Å². The molecule has 0 aromatic heterocycles. The molecular weight excluding hydrogens is 272 g/mol. The van der Waals surface area contributed by atoms with Crippen LogP contribution in [-0.4, -0.2) is 14.8 Å². The molecule has 9 heteroatoms. The van der Waals surface area contributed by atoms with Crippen LogP contribution in [0, 0.1) is 0 Å². The predicted octanol–water partition coefficient (Wildman–Crippen LogP) is -0.899. The minimum absolute atomic E-state index is 0. The quantitative estimate of drug-likeness (QED) is 0.407. The molecule has 0 bridgehead atoms. The second-order valence-electron chi connectivity index (χ2n) is 2.78. The minimum atomic E-state index is -5.15. The smallest absolute Gasteiger partial charge is 1.00 e. The van der Waals surface area contributed by atoms with Crippen molar-refractivity contribution in [1.29, 1.82) is 0 Å². The van der Waals surface area contributed by atoms with Gasteiger partial charge in [0.05, 0.1) is 0 Å². The first-order valence-corrected chi connectivity index (χ1v) is 5.57. The molecule has 17 heavy (non-hydrogen) atoms. The maximum Gasteiger partial charge on any atom is 1.00 e. The van der Waals surface area contributed by atoms with Crippen molar-refractivity contribution < 1.29 is 61.8 Å². The van der Waals surface area contributed by atoms with Gasteiger partial charge in [-0.1, -0.05) is 34.7 Å². The van der Waals surface area contributed by atoms with E-state index < -0.39 is 22.2 Å². The molecule has 0 amide bonds. The zero-order chi connectivity index (χ0) is 12.2. The van der Waals surface area contributed by atoms with Crippen molar-refractivity contribution in [3.8, 4) is 0 Å². The normalized spacial score (nSPS) is 11.9. The Hall–Kier alpha value is -0.120. The molecule has 92 valence electrons. The molecule has 0 heterocycles. The Morgan fingerprint density at radius 3 is 2.18 bits per heavy atom. The third-order valence-electron chi connectivity index (χ3n) is 1.42. The van der Waals surface area contributed by atoms with Crippen LogP contribution in [-0.2, 0) is 25.1 Å². The number of benzene rings is 1. The van der Waals surface area contributed by atoms with E-state index in [0.29, 0.717) is 5.56 Å². The van der Waals surface area contributed by atoms with Crippen LogP contribution >= 0.6 is 0 Å². The molecule has 0 radical (unpaired) electrons. The van der Waals surface area contributed by atoms with E-state index in [0.717, 1.165) is 0 Å². The molecule has 0 N–H and O–H groups in total. The van der Waals surface area contributed by atoms with E-state index in [-0.39, 0.29) is 31.0 Å². The van der Waals surface area contributed by atoms with Crippen molar-refractivity contribution >= 4 is 10.1 Å². The fourth-order valence-corrected chi connectivity index (χ4v) is 1.72. The Morgan fingerprint density at radius 2 is 1.71 bits per heavy atom. The first-order valence-electron chi connectivity index (χ1n) is 3.99. The van der Waals surface area contributed by atoms with E-state index in [1.165, 1.54) is 12.1 Å². The number of rotatable bonds is 4. The van der Waals surface area contributed by atoms with Gasteiger partial charge in [0.25, 0.3) is 10.1 Å². The maximum atomic E-state index is 11.5. The maximum absolute atomic E-state index is 11.5. The molecular formula is C8H8F3NaO4S. The van der Waals surface area contributed by atoms with Gasteiger partial charge in [0.15, 0.2) is 0 Å². The molecule has 0 saturated heterocycles. The summed E-state index contributed by atoms with van der Waals surface area (Å²) >= 11 is 0. The minimum Gasteiger partial charge on any atom is -1.00 e. The van der Waals surface area contributed by atoms with E-state index in [2.05, 4.69) is 9.22 Å². The summed E-state index contributed by atoms with van der Waals surface area (Å²) in [5.74, 6) is -0.691. The Balaban J connectivity index is 0. The van der Waals surface area contributed by atoms with Crippen LogP contribution in [0.2, 0.25) is 0 Å². The predicted molar refractivity (Wildman–Crippen MR) is 48.4 cm³/mol. The van der Waals surface area contributed by atoms with Gasteiger partial charge in [-0.2, -0.15) is 8.42 Å². The molecule has 0 saturated carbocycles. The average molecular weight is 280 g/mol. The van der Waals surface area contributed by atoms with Gasteiger partial charge in [0.1, 0.15) is 5.75 Å². The Morgan fingerprint density at radius 1 is 1.18 bits per heavy atom. The first-order chi connectivity index (χ1) is 7.29. The van der Waals surface area contributed by atoms with Crippen LogP contribution in [0.1, 0.15) is 6.99 Å². The molecule has 0 aliphatic heterocycles. The standard InChI is InChI=1S/C8H7F3O4S.Na.H/c9-8(10,11)14-15-16(12,13)6-7-4-2-1-3-5-7;;/h1-5H,6H2;;/q;+1;-1. The van der Waals surface area contributed by atoms with Crippen molar-refractivity contribution in [3.63, 3.8) is 0 Å². The molecule has 4 nitrogen and oxygen atoms in total. The summed E-state index contributed by atoms with van der Waals surface area (Å²) in [4.78, 5) is 2.78. The first kappa shape index (κ1) is 16.9. The van der Waals surface area contributed by atoms with E-state index >= 15 is 0 Å². The van der Waals surface area contributed by atoms with Crippen LogP contribution in [0.3, 0.4) is 0 Å². The molecule has 0 atom stereocenters. The summed E-state index contributed by atoms with van der Waals surface area (Å²) in [6.07, 6.45) is -5.15. The third kappa shape index (κ3) is 7.74.